The van der Waals surface area contributed by atoms with Gasteiger partial charge in [0.1, 0.15) is 0 Å². The highest BCUT2D eigenvalue weighted by Gasteiger charge is 2.28. The zero-order valence-corrected chi connectivity index (χ0v) is 16.5. The Morgan fingerprint density at radius 1 is 1.18 bits per heavy atom. The first-order valence-corrected chi connectivity index (χ1v) is 10.9. The minimum Gasteiger partial charge on any atom is -0.361 e. The Labute approximate surface area is 164 Å². The van der Waals surface area contributed by atoms with Crippen molar-refractivity contribution < 1.29 is 13.2 Å². The number of nitrogens with one attached hydrogen (secondary N) is 3. The second-order valence-corrected chi connectivity index (χ2v) is 8.95. The molecule has 1 aromatic heterocycles. The molecule has 0 spiro atoms. The minimum atomic E-state index is -3.58. The molecule has 7 heteroatoms. The van der Waals surface area contributed by atoms with Gasteiger partial charge in [-0.2, -0.15) is 0 Å². The molecule has 3 aromatic rings. The number of fused-ring (bicyclic) bond motifs is 1. The van der Waals surface area contributed by atoms with Gasteiger partial charge in [0.15, 0.2) is 0 Å². The number of para-hydroxylation sites is 1. The van der Waals surface area contributed by atoms with E-state index in [1.54, 1.807) is 19.1 Å². The van der Waals surface area contributed by atoms with E-state index >= 15 is 0 Å². The molecule has 6 nitrogen and oxygen atoms in total. The number of benzene rings is 2. The van der Waals surface area contributed by atoms with E-state index in [1.807, 2.05) is 30.5 Å². The number of aromatic amines is 1. The zero-order valence-electron chi connectivity index (χ0n) is 15.7. The van der Waals surface area contributed by atoms with Gasteiger partial charge < -0.3 is 10.3 Å². The molecule has 1 aliphatic rings. The SMILES string of the molecule is Cc1ccc(S(=O)(=O)NC2CC2)cc1C(=O)NCCc1c[nH]c2ccccc12. The predicted molar refractivity (Wildman–Crippen MR) is 109 cm³/mol. The van der Waals surface area contributed by atoms with Crippen LogP contribution in [0, 0.1) is 6.92 Å². The van der Waals surface area contributed by atoms with E-state index in [4.69, 9.17) is 0 Å². The quantitative estimate of drug-likeness (QED) is 0.572. The number of rotatable bonds is 7. The van der Waals surface area contributed by atoms with Crippen molar-refractivity contribution in [3.63, 3.8) is 0 Å². The summed E-state index contributed by atoms with van der Waals surface area (Å²) < 4.78 is 27.5. The number of aryl methyl sites for hydroxylation is 1. The average molecular weight is 398 g/mol. The summed E-state index contributed by atoms with van der Waals surface area (Å²) in [6.07, 6.45) is 4.38. The van der Waals surface area contributed by atoms with E-state index in [0.29, 0.717) is 18.5 Å². The second kappa shape index (κ2) is 7.41. The number of hydrogen-bond acceptors (Lipinski definition) is 3. The lowest BCUT2D eigenvalue weighted by molar-refractivity contribution is 0.0953. The lowest BCUT2D eigenvalue weighted by Crippen LogP contribution is -2.28. The summed E-state index contributed by atoms with van der Waals surface area (Å²) in [6.45, 7) is 2.27. The van der Waals surface area contributed by atoms with Crippen molar-refractivity contribution in [2.24, 2.45) is 0 Å². The Hall–Kier alpha value is -2.64. The van der Waals surface area contributed by atoms with Gasteiger partial charge in [-0.15, -0.1) is 0 Å². The van der Waals surface area contributed by atoms with Crippen LogP contribution >= 0.6 is 0 Å². The molecular formula is C21H23N3O3S. The number of H-pyrrole nitrogens is 1. The van der Waals surface area contributed by atoms with E-state index < -0.39 is 10.0 Å². The van der Waals surface area contributed by atoms with Crippen molar-refractivity contribution in [3.8, 4) is 0 Å². The van der Waals surface area contributed by atoms with Crippen molar-refractivity contribution in [2.75, 3.05) is 6.54 Å². The fourth-order valence-corrected chi connectivity index (χ4v) is 4.58. The molecule has 28 heavy (non-hydrogen) atoms. The third-order valence-electron chi connectivity index (χ3n) is 5.02. The number of carbonyl (C=O) groups excluding carboxylic acids is 1. The van der Waals surface area contributed by atoms with Crippen LogP contribution < -0.4 is 10.0 Å². The molecule has 0 atom stereocenters. The maximum atomic E-state index is 12.6. The maximum absolute atomic E-state index is 12.6. The van der Waals surface area contributed by atoms with Crippen LogP contribution in [-0.2, 0) is 16.4 Å². The second-order valence-electron chi connectivity index (χ2n) is 7.24. The van der Waals surface area contributed by atoms with Gasteiger partial charge in [-0.1, -0.05) is 24.3 Å². The normalized spacial score (nSPS) is 14.3. The van der Waals surface area contributed by atoms with Gasteiger partial charge in [0.25, 0.3) is 5.91 Å². The number of hydrogen-bond donors (Lipinski definition) is 3. The molecule has 0 saturated heterocycles. The van der Waals surface area contributed by atoms with E-state index in [0.717, 1.165) is 34.9 Å². The van der Waals surface area contributed by atoms with Crippen LogP contribution in [-0.4, -0.2) is 31.9 Å². The summed E-state index contributed by atoms with van der Waals surface area (Å²) >= 11 is 0. The van der Waals surface area contributed by atoms with Crippen molar-refractivity contribution in [1.29, 1.82) is 0 Å². The molecule has 1 heterocycles. The Bertz CT molecular complexity index is 1130. The lowest BCUT2D eigenvalue weighted by Gasteiger charge is -2.11. The summed E-state index contributed by atoms with van der Waals surface area (Å²) in [4.78, 5) is 16.0. The third kappa shape index (κ3) is 3.95. The molecule has 1 amide bonds. The monoisotopic (exact) mass is 397 g/mol. The highest BCUT2D eigenvalue weighted by Crippen LogP contribution is 2.23. The van der Waals surface area contributed by atoms with Crippen LogP contribution in [0.4, 0.5) is 0 Å². The summed E-state index contributed by atoms with van der Waals surface area (Å²) in [7, 11) is -3.58. The minimum absolute atomic E-state index is 0.0275. The molecule has 4 rings (SSSR count). The first kappa shape index (κ1) is 18.7. The maximum Gasteiger partial charge on any atom is 0.251 e. The van der Waals surface area contributed by atoms with Gasteiger partial charge in [0.05, 0.1) is 4.90 Å². The van der Waals surface area contributed by atoms with E-state index in [1.165, 1.54) is 6.07 Å². The lowest BCUT2D eigenvalue weighted by atomic mass is 10.1. The van der Waals surface area contributed by atoms with Gasteiger partial charge in [0, 0.05) is 35.2 Å². The van der Waals surface area contributed by atoms with E-state index in [9.17, 15) is 13.2 Å². The third-order valence-corrected chi connectivity index (χ3v) is 6.54. The van der Waals surface area contributed by atoms with Crippen LogP contribution in [0.15, 0.2) is 53.6 Å². The van der Waals surface area contributed by atoms with Crippen molar-refractivity contribution in [3.05, 3.63) is 65.4 Å². The molecular weight excluding hydrogens is 374 g/mol. The van der Waals surface area contributed by atoms with Crippen LogP contribution in [0.2, 0.25) is 0 Å². The summed E-state index contributed by atoms with van der Waals surface area (Å²) in [6, 6.07) is 12.7. The Kier molecular flexibility index (Phi) is 4.95. The number of carbonyl (C=O) groups is 1. The standard InChI is InChI=1S/C21H23N3O3S/c1-14-6-9-17(28(26,27)24-16-7-8-16)12-19(14)21(25)22-11-10-15-13-23-20-5-3-2-4-18(15)20/h2-6,9,12-13,16,23-24H,7-8,10-11H2,1H3,(H,22,25). The number of aromatic nitrogens is 1. The van der Waals surface area contributed by atoms with Gasteiger partial charge in [-0.25, -0.2) is 13.1 Å². The molecule has 2 aromatic carbocycles. The van der Waals surface area contributed by atoms with Crippen LogP contribution in [0.3, 0.4) is 0 Å². The Morgan fingerprint density at radius 2 is 1.96 bits per heavy atom. The molecule has 146 valence electrons. The Balaban J connectivity index is 1.44. The van der Waals surface area contributed by atoms with E-state index in [-0.39, 0.29) is 16.8 Å². The van der Waals surface area contributed by atoms with Gasteiger partial charge in [0.2, 0.25) is 10.0 Å². The fourth-order valence-electron chi connectivity index (χ4n) is 3.25. The fraction of sp³-hybridized carbons (Fsp3) is 0.286. The molecule has 0 bridgehead atoms. The zero-order chi connectivity index (χ0) is 19.7. The highest BCUT2D eigenvalue weighted by atomic mass is 32.2. The topological polar surface area (TPSA) is 91.1 Å². The molecule has 0 unspecified atom stereocenters. The number of sulfonamides is 1. The average Bonchev–Trinajstić information content (AvgIpc) is 3.38. The largest absolute Gasteiger partial charge is 0.361 e. The van der Waals surface area contributed by atoms with Gasteiger partial charge >= 0.3 is 0 Å². The predicted octanol–water partition coefficient (Wildman–Crippen LogP) is 2.89. The summed E-state index contributed by atoms with van der Waals surface area (Å²) in [5, 5.41) is 4.05. The molecule has 3 N–H and O–H groups in total. The van der Waals surface area contributed by atoms with Crippen LogP contribution in [0.1, 0.15) is 34.3 Å². The first-order valence-electron chi connectivity index (χ1n) is 9.40. The molecule has 1 saturated carbocycles. The smallest absolute Gasteiger partial charge is 0.251 e. The summed E-state index contributed by atoms with van der Waals surface area (Å²) in [5.74, 6) is -0.263. The molecule has 0 aliphatic heterocycles. The van der Waals surface area contributed by atoms with Crippen molar-refractivity contribution in [1.82, 2.24) is 15.0 Å². The summed E-state index contributed by atoms with van der Waals surface area (Å²) in [5.41, 5.74) is 3.34. The van der Waals surface area contributed by atoms with Crippen molar-refractivity contribution in [2.45, 2.75) is 37.1 Å². The van der Waals surface area contributed by atoms with E-state index in [2.05, 4.69) is 15.0 Å². The first-order chi connectivity index (χ1) is 13.4. The Morgan fingerprint density at radius 3 is 2.75 bits per heavy atom. The van der Waals surface area contributed by atoms with Crippen molar-refractivity contribution >= 4 is 26.8 Å². The van der Waals surface area contributed by atoms with Crippen LogP contribution in [0.5, 0.6) is 0 Å². The van der Waals surface area contributed by atoms with Gasteiger partial charge in [-0.05, 0) is 55.5 Å². The molecule has 1 aliphatic carbocycles. The number of amides is 1. The van der Waals surface area contributed by atoms with Crippen LogP contribution in [0.25, 0.3) is 10.9 Å². The highest BCUT2D eigenvalue weighted by molar-refractivity contribution is 7.89. The molecule has 0 radical (unpaired) electrons. The molecule has 1 fully saturated rings. The van der Waals surface area contributed by atoms with Gasteiger partial charge in [-0.3, -0.25) is 4.79 Å².